The third-order valence-corrected chi connectivity index (χ3v) is 4.66. The second-order valence-electron chi connectivity index (χ2n) is 6.72. The van der Waals surface area contributed by atoms with Crippen molar-refractivity contribution in [3.8, 4) is 11.5 Å². The molecule has 26 heavy (non-hydrogen) atoms. The van der Waals surface area contributed by atoms with Gasteiger partial charge in [-0.15, -0.1) is 0 Å². The monoisotopic (exact) mass is 353 g/mol. The van der Waals surface area contributed by atoms with Crippen LogP contribution < -0.4 is 15.4 Å². The maximum atomic E-state index is 12.1. The van der Waals surface area contributed by atoms with E-state index in [9.17, 15) is 4.79 Å². The van der Waals surface area contributed by atoms with Gasteiger partial charge in [0.1, 0.15) is 11.5 Å². The third kappa shape index (κ3) is 5.49. The number of anilines is 1. The zero-order valence-corrected chi connectivity index (χ0v) is 15.3. The number of para-hydroxylation sites is 1. The number of piperidine rings is 1. The minimum absolute atomic E-state index is 0.175. The highest BCUT2D eigenvalue weighted by Gasteiger charge is 2.17. The van der Waals surface area contributed by atoms with E-state index in [1.165, 1.54) is 19.3 Å². The summed E-state index contributed by atoms with van der Waals surface area (Å²) in [6.07, 6.45) is 3.84. The predicted octanol–water partition coefficient (Wildman–Crippen LogP) is 4.47. The average Bonchev–Trinajstić information content (AvgIpc) is 2.69. The van der Waals surface area contributed by atoms with Gasteiger partial charge in [-0.25, -0.2) is 4.79 Å². The van der Waals surface area contributed by atoms with Crippen LogP contribution in [-0.2, 0) is 0 Å². The number of rotatable bonds is 6. The standard InChI is InChI=1S/C21H27N3O2/c1-17(24-14-6-3-7-15-24)16-22-21(25)23-18-10-12-20(13-11-18)26-19-8-4-2-5-9-19/h2,4-5,8-13,17H,3,6-7,14-16H2,1H3,(H2,22,23,25)/t17-/m1/s1. The first-order valence-electron chi connectivity index (χ1n) is 9.32. The number of ether oxygens (including phenoxy) is 1. The zero-order valence-electron chi connectivity index (χ0n) is 15.3. The van der Waals surface area contributed by atoms with Crippen LogP contribution in [0.2, 0.25) is 0 Å². The zero-order chi connectivity index (χ0) is 18.2. The second-order valence-corrected chi connectivity index (χ2v) is 6.72. The molecule has 1 atom stereocenters. The van der Waals surface area contributed by atoms with E-state index in [1.54, 1.807) is 0 Å². The molecule has 1 aliphatic rings. The Bertz CT molecular complexity index is 682. The van der Waals surface area contributed by atoms with Crippen LogP contribution in [0.15, 0.2) is 54.6 Å². The summed E-state index contributed by atoms with van der Waals surface area (Å²) in [7, 11) is 0. The van der Waals surface area contributed by atoms with Gasteiger partial charge >= 0.3 is 6.03 Å². The highest BCUT2D eigenvalue weighted by molar-refractivity contribution is 5.89. The summed E-state index contributed by atoms with van der Waals surface area (Å²) in [5.41, 5.74) is 0.744. The number of nitrogens with zero attached hydrogens (tertiary/aromatic N) is 1. The molecule has 0 spiro atoms. The first-order chi connectivity index (χ1) is 12.7. The van der Waals surface area contributed by atoms with Gasteiger partial charge in [-0.3, -0.25) is 4.90 Å². The molecule has 1 heterocycles. The van der Waals surface area contributed by atoms with E-state index in [-0.39, 0.29) is 6.03 Å². The maximum absolute atomic E-state index is 12.1. The van der Waals surface area contributed by atoms with E-state index >= 15 is 0 Å². The van der Waals surface area contributed by atoms with Crippen molar-refractivity contribution in [2.24, 2.45) is 0 Å². The van der Waals surface area contributed by atoms with E-state index in [1.807, 2.05) is 54.6 Å². The van der Waals surface area contributed by atoms with Crippen LogP contribution >= 0.6 is 0 Å². The Morgan fingerprint density at radius 3 is 2.35 bits per heavy atom. The molecular weight excluding hydrogens is 326 g/mol. The molecule has 0 bridgehead atoms. The summed E-state index contributed by atoms with van der Waals surface area (Å²) in [6.45, 7) is 5.09. The molecule has 2 amide bonds. The van der Waals surface area contributed by atoms with Gasteiger partial charge in [0.2, 0.25) is 0 Å². The lowest BCUT2D eigenvalue weighted by molar-refractivity contribution is 0.171. The molecule has 138 valence electrons. The van der Waals surface area contributed by atoms with E-state index in [4.69, 9.17) is 4.74 Å². The van der Waals surface area contributed by atoms with Gasteiger partial charge in [-0.05, 0) is 69.3 Å². The Hall–Kier alpha value is -2.53. The molecule has 5 heteroatoms. The molecule has 0 radical (unpaired) electrons. The lowest BCUT2D eigenvalue weighted by Gasteiger charge is -2.32. The van der Waals surface area contributed by atoms with Gasteiger partial charge in [0, 0.05) is 18.3 Å². The SMILES string of the molecule is C[C@H](CNC(=O)Nc1ccc(Oc2ccccc2)cc1)N1CCCCC1. The van der Waals surface area contributed by atoms with Crippen molar-refractivity contribution in [1.29, 1.82) is 0 Å². The van der Waals surface area contributed by atoms with Gasteiger partial charge in [0.05, 0.1) is 0 Å². The summed E-state index contributed by atoms with van der Waals surface area (Å²) in [5.74, 6) is 1.53. The van der Waals surface area contributed by atoms with Crippen LogP contribution in [0.3, 0.4) is 0 Å². The Labute approximate surface area is 155 Å². The molecule has 3 rings (SSSR count). The first kappa shape index (κ1) is 18.3. The first-order valence-corrected chi connectivity index (χ1v) is 9.32. The van der Waals surface area contributed by atoms with Crippen molar-refractivity contribution >= 4 is 11.7 Å². The van der Waals surface area contributed by atoms with Crippen molar-refractivity contribution < 1.29 is 9.53 Å². The van der Waals surface area contributed by atoms with Gasteiger partial charge in [-0.2, -0.15) is 0 Å². The van der Waals surface area contributed by atoms with Crippen LogP contribution in [0, 0.1) is 0 Å². The van der Waals surface area contributed by atoms with E-state index in [0.29, 0.717) is 12.6 Å². The lowest BCUT2D eigenvalue weighted by atomic mass is 10.1. The largest absolute Gasteiger partial charge is 0.457 e. The molecule has 0 saturated carbocycles. The molecular formula is C21H27N3O2. The molecule has 1 saturated heterocycles. The Morgan fingerprint density at radius 1 is 1.00 bits per heavy atom. The summed E-state index contributed by atoms with van der Waals surface area (Å²) in [4.78, 5) is 14.5. The normalized spacial score (nSPS) is 15.9. The molecule has 1 aliphatic heterocycles. The Morgan fingerprint density at radius 2 is 1.65 bits per heavy atom. The molecule has 0 unspecified atom stereocenters. The number of carbonyl (C=O) groups excluding carboxylic acids is 1. The smallest absolute Gasteiger partial charge is 0.319 e. The maximum Gasteiger partial charge on any atom is 0.319 e. The predicted molar refractivity (Wildman–Crippen MR) is 105 cm³/mol. The fraction of sp³-hybridized carbons (Fsp3) is 0.381. The quantitative estimate of drug-likeness (QED) is 0.805. The van der Waals surface area contributed by atoms with Crippen molar-refractivity contribution in [2.45, 2.75) is 32.2 Å². The summed E-state index contributed by atoms with van der Waals surface area (Å²) < 4.78 is 5.75. The molecule has 5 nitrogen and oxygen atoms in total. The number of hydrogen-bond acceptors (Lipinski definition) is 3. The molecule has 2 aromatic carbocycles. The van der Waals surface area contributed by atoms with Crippen LogP contribution in [0.4, 0.5) is 10.5 Å². The second kappa shape index (κ2) is 9.25. The van der Waals surface area contributed by atoms with Crippen molar-refractivity contribution in [2.75, 3.05) is 25.0 Å². The van der Waals surface area contributed by atoms with E-state index < -0.39 is 0 Å². The molecule has 0 aromatic heterocycles. The van der Waals surface area contributed by atoms with Gasteiger partial charge < -0.3 is 15.4 Å². The Balaban J connectivity index is 1.43. The summed E-state index contributed by atoms with van der Waals surface area (Å²) in [5, 5.41) is 5.83. The van der Waals surface area contributed by atoms with Gasteiger partial charge in [0.15, 0.2) is 0 Å². The minimum atomic E-state index is -0.175. The molecule has 2 N–H and O–H groups in total. The number of urea groups is 1. The number of amides is 2. The van der Waals surface area contributed by atoms with Crippen LogP contribution in [0.1, 0.15) is 26.2 Å². The van der Waals surface area contributed by atoms with E-state index in [0.717, 1.165) is 30.3 Å². The molecule has 0 aliphatic carbocycles. The highest BCUT2D eigenvalue weighted by Crippen LogP contribution is 2.22. The van der Waals surface area contributed by atoms with Crippen molar-refractivity contribution in [1.82, 2.24) is 10.2 Å². The topological polar surface area (TPSA) is 53.6 Å². The van der Waals surface area contributed by atoms with Crippen LogP contribution in [-0.4, -0.2) is 36.6 Å². The summed E-state index contributed by atoms with van der Waals surface area (Å²) in [6, 6.07) is 17.2. The Kier molecular flexibility index (Phi) is 6.50. The molecule has 2 aromatic rings. The van der Waals surface area contributed by atoms with Crippen LogP contribution in [0.5, 0.6) is 11.5 Å². The molecule has 1 fully saturated rings. The average molecular weight is 353 g/mol. The number of hydrogen-bond donors (Lipinski definition) is 2. The number of likely N-dealkylation sites (tertiary alicyclic amines) is 1. The summed E-state index contributed by atoms with van der Waals surface area (Å²) >= 11 is 0. The third-order valence-electron chi connectivity index (χ3n) is 4.66. The van der Waals surface area contributed by atoms with Gasteiger partial charge in [-0.1, -0.05) is 24.6 Å². The van der Waals surface area contributed by atoms with Crippen molar-refractivity contribution in [3.63, 3.8) is 0 Å². The van der Waals surface area contributed by atoms with Gasteiger partial charge in [0.25, 0.3) is 0 Å². The highest BCUT2D eigenvalue weighted by atomic mass is 16.5. The minimum Gasteiger partial charge on any atom is -0.457 e. The number of carbonyl (C=O) groups is 1. The van der Waals surface area contributed by atoms with Crippen LogP contribution in [0.25, 0.3) is 0 Å². The fourth-order valence-electron chi connectivity index (χ4n) is 3.13. The lowest BCUT2D eigenvalue weighted by Crippen LogP contribution is -2.45. The fourth-order valence-corrected chi connectivity index (χ4v) is 3.13. The van der Waals surface area contributed by atoms with E-state index in [2.05, 4.69) is 22.5 Å². The van der Waals surface area contributed by atoms with Crippen molar-refractivity contribution in [3.05, 3.63) is 54.6 Å². The number of benzene rings is 2. The number of nitrogens with one attached hydrogen (secondary N) is 2.